The molecule has 0 aromatic carbocycles. The molecule has 2 unspecified atom stereocenters. The van der Waals surface area contributed by atoms with Crippen molar-refractivity contribution >= 4 is 0 Å². The first-order valence-corrected chi connectivity index (χ1v) is 3.87. The summed E-state index contributed by atoms with van der Waals surface area (Å²) in [5, 5.41) is 8.93. The maximum atomic E-state index is 13.2. The smallest absolute Gasteiger partial charge is 0.133 e. The molecule has 0 spiro atoms. The number of alkyl halides is 1. The van der Waals surface area contributed by atoms with Gasteiger partial charge in [-0.25, -0.2) is 4.39 Å². The van der Waals surface area contributed by atoms with E-state index in [1.165, 1.54) is 13.8 Å². The van der Waals surface area contributed by atoms with Crippen LogP contribution in [0.4, 0.5) is 4.39 Å². The highest BCUT2D eigenvalue weighted by atomic mass is 19.1. The lowest BCUT2D eigenvalue weighted by molar-refractivity contribution is 0.00906. The normalized spacial score (nSPS) is 20.1. The molecule has 2 atom stereocenters. The van der Waals surface area contributed by atoms with Gasteiger partial charge < -0.3 is 5.11 Å². The van der Waals surface area contributed by atoms with Crippen LogP contribution in [0.3, 0.4) is 0 Å². The van der Waals surface area contributed by atoms with Gasteiger partial charge in [0.1, 0.15) is 5.67 Å². The van der Waals surface area contributed by atoms with Crippen molar-refractivity contribution in [2.75, 3.05) is 0 Å². The van der Waals surface area contributed by atoms with Crippen LogP contribution in [-0.2, 0) is 0 Å². The van der Waals surface area contributed by atoms with Gasteiger partial charge in [0.15, 0.2) is 0 Å². The van der Waals surface area contributed by atoms with Gasteiger partial charge in [-0.2, -0.15) is 0 Å². The zero-order valence-electron chi connectivity index (χ0n) is 7.02. The van der Waals surface area contributed by atoms with E-state index >= 15 is 0 Å². The van der Waals surface area contributed by atoms with Gasteiger partial charge in [0.25, 0.3) is 0 Å². The Bertz CT molecular complexity index is 89.3. The molecule has 0 bridgehead atoms. The topological polar surface area (TPSA) is 20.2 Å². The zero-order valence-corrected chi connectivity index (χ0v) is 7.02. The molecule has 0 aliphatic carbocycles. The molecule has 0 saturated heterocycles. The molecule has 0 radical (unpaired) electrons. The number of rotatable bonds is 4. The van der Waals surface area contributed by atoms with E-state index in [4.69, 9.17) is 5.11 Å². The van der Waals surface area contributed by atoms with E-state index in [1.54, 1.807) is 0 Å². The summed E-state index contributed by atoms with van der Waals surface area (Å²) in [7, 11) is 0. The highest BCUT2D eigenvalue weighted by Crippen LogP contribution is 2.22. The van der Waals surface area contributed by atoms with E-state index in [0.29, 0.717) is 6.42 Å². The Labute approximate surface area is 62.3 Å². The Kier molecular flexibility index (Phi) is 3.87. The Balaban J connectivity index is 3.63. The summed E-state index contributed by atoms with van der Waals surface area (Å²) in [5.74, 6) is 0. The van der Waals surface area contributed by atoms with Crippen LogP contribution in [0.1, 0.15) is 40.0 Å². The summed E-state index contributed by atoms with van der Waals surface area (Å²) in [6.45, 7) is 4.96. The van der Waals surface area contributed by atoms with Crippen molar-refractivity contribution in [2.45, 2.75) is 51.8 Å². The van der Waals surface area contributed by atoms with Gasteiger partial charge in [0.05, 0.1) is 6.10 Å². The average molecular weight is 148 g/mol. The quantitative estimate of drug-likeness (QED) is 0.648. The highest BCUT2D eigenvalue weighted by Gasteiger charge is 2.27. The summed E-state index contributed by atoms with van der Waals surface area (Å²) in [4.78, 5) is 0. The molecule has 1 nitrogen and oxygen atoms in total. The first kappa shape index (κ1) is 9.89. The fraction of sp³-hybridized carbons (Fsp3) is 1.00. The monoisotopic (exact) mass is 148 g/mol. The van der Waals surface area contributed by atoms with Gasteiger partial charge in [-0.3, -0.25) is 0 Å². The van der Waals surface area contributed by atoms with Crippen LogP contribution in [0, 0.1) is 0 Å². The van der Waals surface area contributed by atoms with Crippen molar-refractivity contribution in [3.8, 4) is 0 Å². The average Bonchev–Trinajstić information content (AvgIpc) is 1.84. The lowest BCUT2D eigenvalue weighted by Gasteiger charge is -2.22. The van der Waals surface area contributed by atoms with E-state index in [9.17, 15) is 4.39 Å². The molecule has 0 aromatic heterocycles. The third-order valence-corrected chi connectivity index (χ3v) is 1.89. The van der Waals surface area contributed by atoms with Crippen LogP contribution in [0.25, 0.3) is 0 Å². The van der Waals surface area contributed by atoms with E-state index in [0.717, 1.165) is 12.8 Å². The summed E-state index contributed by atoms with van der Waals surface area (Å²) in [6.07, 6.45) is 1.43. The zero-order chi connectivity index (χ0) is 8.20. The van der Waals surface area contributed by atoms with Gasteiger partial charge in [-0.15, -0.1) is 0 Å². The lowest BCUT2D eigenvalue weighted by atomic mass is 9.96. The number of hydrogen-bond donors (Lipinski definition) is 1. The molecule has 1 N–H and O–H groups in total. The maximum absolute atomic E-state index is 13.2. The molecule has 0 amide bonds. The summed E-state index contributed by atoms with van der Waals surface area (Å²) in [6, 6.07) is 0. The molecule has 0 saturated carbocycles. The molecule has 0 aliphatic heterocycles. The van der Waals surface area contributed by atoms with Crippen LogP contribution in [0.2, 0.25) is 0 Å². The fourth-order valence-electron chi connectivity index (χ4n) is 0.731. The van der Waals surface area contributed by atoms with Gasteiger partial charge >= 0.3 is 0 Å². The van der Waals surface area contributed by atoms with Gasteiger partial charge in [0, 0.05) is 0 Å². The second-order valence-electron chi connectivity index (χ2n) is 3.06. The molecule has 0 aromatic rings. The van der Waals surface area contributed by atoms with E-state index < -0.39 is 11.8 Å². The minimum atomic E-state index is -1.39. The fourth-order valence-corrected chi connectivity index (χ4v) is 0.731. The first-order chi connectivity index (χ1) is 4.50. The van der Waals surface area contributed by atoms with Crippen molar-refractivity contribution in [3.05, 3.63) is 0 Å². The summed E-state index contributed by atoms with van der Waals surface area (Å²) < 4.78 is 13.2. The van der Waals surface area contributed by atoms with Crippen LogP contribution in [0.5, 0.6) is 0 Å². The Morgan fingerprint density at radius 3 is 2.40 bits per heavy atom. The van der Waals surface area contributed by atoms with E-state index in [2.05, 4.69) is 0 Å². The number of unbranched alkanes of at least 4 members (excludes halogenated alkanes) is 1. The van der Waals surface area contributed by atoms with Crippen molar-refractivity contribution in [3.63, 3.8) is 0 Å². The Morgan fingerprint density at radius 2 is 2.10 bits per heavy atom. The van der Waals surface area contributed by atoms with Crippen molar-refractivity contribution in [1.82, 2.24) is 0 Å². The Hall–Kier alpha value is -0.110. The van der Waals surface area contributed by atoms with Crippen molar-refractivity contribution in [1.29, 1.82) is 0 Å². The Morgan fingerprint density at radius 1 is 1.60 bits per heavy atom. The molecule has 62 valence electrons. The minimum Gasteiger partial charge on any atom is -0.390 e. The van der Waals surface area contributed by atoms with Crippen LogP contribution < -0.4 is 0 Å². The molecule has 0 heterocycles. The van der Waals surface area contributed by atoms with Crippen LogP contribution in [-0.4, -0.2) is 16.9 Å². The van der Waals surface area contributed by atoms with Gasteiger partial charge in [-0.1, -0.05) is 19.8 Å². The summed E-state index contributed by atoms with van der Waals surface area (Å²) >= 11 is 0. The second-order valence-corrected chi connectivity index (χ2v) is 3.06. The first-order valence-electron chi connectivity index (χ1n) is 3.87. The van der Waals surface area contributed by atoms with Gasteiger partial charge in [-0.05, 0) is 20.3 Å². The maximum Gasteiger partial charge on any atom is 0.133 e. The second kappa shape index (κ2) is 3.91. The molecule has 0 fully saturated rings. The molecule has 2 heteroatoms. The predicted octanol–water partition coefficient (Wildman–Crippen LogP) is 2.29. The minimum absolute atomic E-state index is 0.459. The molecule has 0 rings (SSSR count). The number of aliphatic hydroxyl groups is 1. The molecular formula is C8H17FO. The molecular weight excluding hydrogens is 131 g/mol. The molecule has 10 heavy (non-hydrogen) atoms. The SMILES string of the molecule is CCCCC(C)(F)C(C)O. The van der Waals surface area contributed by atoms with Crippen LogP contribution >= 0.6 is 0 Å². The van der Waals surface area contributed by atoms with E-state index in [1.807, 2.05) is 6.92 Å². The highest BCUT2D eigenvalue weighted by molar-refractivity contribution is 4.78. The third kappa shape index (κ3) is 3.16. The number of halogens is 1. The van der Waals surface area contributed by atoms with Crippen molar-refractivity contribution < 1.29 is 9.50 Å². The van der Waals surface area contributed by atoms with Crippen LogP contribution in [0.15, 0.2) is 0 Å². The number of hydrogen-bond acceptors (Lipinski definition) is 1. The number of aliphatic hydroxyl groups excluding tert-OH is 1. The van der Waals surface area contributed by atoms with Gasteiger partial charge in [0.2, 0.25) is 0 Å². The lowest BCUT2D eigenvalue weighted by Crippen LogP contribution is -2.31. The van der Waals surface area contributed by atoms with Crippen molar-refractivity contribution in [2.24, 2.45) is 0 Å². The predicted molar refractivity (Wildman–Crippen MR) is 40.7 cm³/mol. The van der Waals surface area contributed by atoms with E-state index in [-0.39, 0.29) is 0 Å². The largest absolute Gasteiger partial charge is 0.390 e. The molecule has 0 aliphatic rings. The third-order valence-electron chi connectivity index (χ3n) is 1.89. The standard InChI is InChI=1S/C8H17FO/c1-4-5-6-8(3,9)7(2)10/h7,10H,4-6H2,1-3H3. The summed E-state index contributed by atoms with van der Waals surface area (Å²) in [5.41, 5.74) is -1.39.